The fourth-order valence-corrected chi connectivity index (χ4v) is 2.70. The molecule has 0 saturated carbocycles. The molecule has 0 atom stereocenters. The van der Waals surface area contributed by atoms with Gasteiger partial charge in [-0.1, -0.05) is 26.0 Å². The number of rotatable bonds is 2. The van der Waals surface area contributed by atoms with Crippen LogP contribution < -0.4 is 4.90 Å². The maximum atomic E-state index is 12.4. The fourth-order valence-electron chi connectivity index (χ4n) is 2.70. The van der Waals surface area contributed by atoms with E-state index in [0.717, 1.165) is 18.7 Å². The maximum Gasteiger partial charge on any atom is 0.241 e. The number of nitrogens with zero attached hydrogens (tertiary/aromatic N) is 2. The molecule has 3 nitrogen and oxygen atoms in total. The Morgan fingerprint density at radius 3 is 2.68 bits per heavy atom. The minimum absolute atomic E-state index is 0.151. The molecule has 1 amide bonds. The Morgan fingerprint density at radius 1 is 1.37 bits per heavy atom. The summed E-state index contributed by atoms with van der Waals surface area (Å²) in [5.74, 6) is 0.187. The molecule has 1 aliphatic rings. The first-order valence-electron chi connectivity index (χ1n) is 6.87. The lowest BCUT2D eigenvalue weighted by Crippen LogP contribution is -2.44. The number of carbonyl (C=O) groups excluding carboxylic acids is 1. The molecule has 0 unspecified atom stereocenters. The highest BCUT2D eigenvalue weighted by Crippen LogP contribution is 2.40. The molecule has 0 aromatic heterocycles. The molecule has 0 saturated heterocycles. The van der Waals surface area contributed by atoms with E-state index in [1.165, 1.54) is 11.1 Å². The van der Waals surface area contributed by atoms with E-state index in [2.05, 4.69) is 39.0 Å². The average molecular weight is 260 g/mol. The molecule has 0 radical (unpaired) electrons. The van der Waals surface area contributed by atoms with Crippen molar-refractivity contribution in [2.24, 2.45) is 0 Å². The van der Waals surface area contributed by atoms with Crippen LogP contribution in [-0.2, 0) is 10.2 Å². The monoisotopic (exact) mass is 260 g/mol. The van der Waals surface area contributed by atoms with Gasteiger partial charge in [0, 0.05) is 12.2 Å². The summed E-state index contributed by atoms with van der Waals surface area (Å²) >= 11 is 0. The van der Waals surface area contributed by atoms with E-state index >= 15 is 0 Å². The molecule has 104 valence electrons. The zero-order valence-corrected chi connectivity index (χ0v) is 12.7. The SMILES string of the molecule is Cc1ccc2c(c1)N(C(=O)CN(C)C)CCC2(C)C. The van der Waals surface area contributed by atoms with Gasteiger partial charge in [0.25, 0.3) is 0 Å². The predicted molar refractivity (Wildman–Crippen MR) is 79.7 cm³/mol. The first kappa shape index (κ1) is 14.1. The molecule has 0 bridgehead atoms. The van der Waals surface area contributed by atoms with E-state index in [4.69, 9.17) is 0 Å². The summed E-state index contributed by atoms with van der Waals surface area (Å²) in [5, 5.41) is 0. The Hall–Kier alpha value is -1.35. The molecule has 1 aromatic carbocycles. The van der Waals surface area contributed by atoms with Crippen molar-refractivity contribution in [3.63, 3.8) is 0 Å². The van der Waals surface area contributed by atoms with Crippen molar-refractivity contribution in [2.75, 3.05) is 32.1 Å². The highest BCUT2D eigenvalue weighted by Gasteiger charge is 2.33. The van der Waals surface area contributed by atoms with Crippen LogP contribution in [0, 0.1) is 6.92 Å². The zero-order valence-electron chi connectivity index (χ0n) is 12.7. The molecule has 0 fully saturated rings. The number of hydrogen-bond acceptors (Lipinski definition) is 2. The lowest BCUT2D eigenvalue weighted by atomic mass is 9.77. The molecular weight excluding hydrogens is 236 g/mol. The van der Waals surface area contributed by atoms with Crippen LogP contribution in [0.25, 0.3) is 0 Å². The lowest BCUT2D eigenvalue weighted by molar-refractivity contribution is -0.119. The molecule has 1 aliphatic heterocycles. The van der Waals surface area contributed by atoms with Crippen molar-refractivity contribution in [3.8, 4) is 0 Å². The smallest absolute Gasteiger partial charge is 0.241 e. The molecule has 1 aromatic rings. The maximum absolute atomic E-state index is 12.4. The van der Waals surface area contributed by atoms with Gasteiger partial charge in [0.15, 0.2) is 0 Å². The number of likely N-dealkylation sites (N-methyl/N-ethyl adjacent to an activating group) is 1. The summed E-state index contributed by atoms with van der Waals surface area (Å²) in [6.45, 7) is 7.88. The quantitative estimate of drug-likeness (QED) is 0.816. The molecule has 0 N–H and O–H groups in total. The third-order valence-corrected chi connectivity index (χ3v) is 3.89. The van der Waals surface area contributed by atoms with Gasteiger partial charge in [0.2, 0.25) is 5.91 Å². The van der Waals surface area contributed by atoms with Crippen LogP contribution in [0.1, 0.15) is 31.4 Å². The van der Waals surface area contributed by atoms with Gasteiger partial charge >= 0.3 is 0 Å². The van der Waals surface area contributed by atoms with Gasteiger partial charge in [-0.2, -0.15) is 0 Å². The Bertz CT molecular complexity index is 492. The minimum Gasteiger partial charge on any atom is -0.311 e. The van der Waals surface area contributed by atoms with Gasteiger partial charge < -0.3 is 9.80 Å². The van der Waals surface area contributed by atoms with Crippen LogP contribution >= 0.6 is 0 Å². The van der Waals surface area contributed by atoms with Gasteiger partial charge in [-0.3, -0.25) is 4.79 Å². The molecule has 0 aliphatic carbocycles. The van der Waals surface area contributed by atoms with Crippen LogP contribution in [0.5, 0.6) is 0 Å². The van der Waals surface area contributed by atoms with Crippen molar-refractivity contribution in [1.82, 2.24) is 4.90 Å². The van der Waals surface area contributed by atoms with E-state index < -0.39 is 0 Å². The van der Waals surface area contributed by atoms with E-state index in [9.17, 15) is 4.79 Å². The summed E-state index contributed by atoms with van der Waals surface area (Å²) in [6.07, 6.45) is 1.02. The number of hydrogen-bond donors (Lipinski definition) is 0. The van der Waals surface area contributed by atoms with Crippen molar-refractivity contribution >= 4 is 11.6 Å². The fraction of sp³-hybridized carbons (Fsp3) is 0.562. The van der Waals surface area contributed by atoms with Crippen LogP contribution in [0.3, 0.4) is 0 Å². The average Bonchev–Trinajstić information content (AvgIpc) is 2.27. The second-order valence-corrected chi connectivity index (χ2v) is 6.44. The topological polar surface area (TPSA) is 23.6 Å². The van der Waals surface area contributed by atoms with Crippen molar-refractivity contribution < 1.29 is 4.79 Å². The summed E-state index contributed by atoms with van der Waals surface area (Å²) in [4.78, 5) is 16.3. The van der Waals surface area contributed by atoms with Crippen molar-refractivity contribution in [1.29, 1.82) is 0 Å². The van der Waals surface area contributed by atoms with Crippen LogP contribution in [0.15, 0.2) is 18.2 Å². The van der Waals surface area contributed by atoms with E-state index in [1.54, 1.807) is 0 Å². The zero-order chi connectivity index (χ0) is 14.2. The molecule has 1 heterocycles. The van der Waals surface area contributed by atoms with E-state index in [0.29, 0.717) is 6.54 Å². The Kier molecular flexibility index (Phi) is 3.68. The van der Waals surface area contributed by atoms with E-state index in [1.807, 2.05) is 23.9 Å². The number of aryl methyl sites for hydroxylation is 1. The van der Waals surface area contributed by atoms with Crippen molar-refractivity contribution in [2.45, 2.75) is 32.6 Å². The van der Waals surface area contributed by atoms with Crippen LogP contribution in [0.4, 0.5) is 5.69 Å². The Morgan fingerprint density at radius 2 is 2.05 bits per heavy atom. The van der Waals surface area contributed by atoms with Gasteiger partial charge in [-0.05, 0) is 50.0 Å². The molecule has 3 heteroatoms. The normalized spacial score (nSPS) is 17.5. The second kappa shape index (κ2) is 4.97. The largest absolute Gasteiger partial charge is 0.311 e. The summed E-state index contributed by atoms with van der Waals surface area (Å²) < 4.78 is 0. The van der Waals surface area contributed by atoms with Gasteiger partial charge in [0.05, 0.1) is 6.54 Å². The molecular formula is C16H24N2O. The molecule has 2 rings (SSSR count). The predicted octanol–water partition coefficient (Wildman–Crippen LogP) is 2.57. The second-order valence-electron chi connectivity index (χ2n) is 6.44. The summed E-state index contributed by atoms with van der Waals surface area (Å²) in [5.41, 5.74) is 3.75. The third kappa shape index (κ3) is 2.81. The standard InChI is InChI=1S/C16H24N2O/c1-12-6-7-13-14(10-12)18(9-8-16(13,2)3)15(19)11-17(4)5/h6-7,10H,8-9,11H2,1-5H3. The Balaban J connectivity index is 2.40. The first-order chi connectivity index (χ1) is 8.81. The highest BCUT2D eigenvalue weighted by atomic mass is 16.2. The van der Waals surface area contributed by atoms with Crippen LogP contribution in [-0.4, -0.2) is 38.0 Å². The van der Waals surface area contributed by atoms with Gasteiger partial charge in [0.1, 0.15) is 0 Å². The number of benzene rings is 1. The van der Waals surface area contributed by atoms with Gasteiger partial charge in [-0.15, -0.1) is 0 Å². The highest BCUT2D eigenvalue weighted by molar-refractivity contribution is 5.96. The first-order valence-corrected chi connectivity index (χ1v) is 6.87. The van der Waals surface area contributed by atoms with Gasteiger partial charge in [-0.25, -0.2) is 0 Å². The van der Waals surface area contributed by atoms with E-state index in [-0.39, 0.29) is 11.3 Å². The molecule has 19 heavy (non-hydrogen) atoms. The number of carbonyl (C=O) groups is 1. The third-order valence-electron chi connectivity index (χ3n) is 3.89. The molecule has 0 spiro atoms. The summed E-state index contributed by atoms with van der Waals surface area (Å²) in [6, 6.07) is 6.46. The Labute approximate surface area is 116 Å². The van der Waals surface area contributed by atoms with Crippen molar-refractivity contribution in [3.05, 3.63) is 29.3 Å². The number of fused-ring (bicyclic) bond motifs is 1. The minimum atomic E-state index is 0.151. The summed E-state index contributed by atoms with van der Waals surface area (Å²) in [7, 11) is 3.87. The number of amides is 1. The van der Waals surface area contributed by atoms with Crippen LogP contribution in [0.2, 0.25) is 0 Å². The lowest BCUT2D eigenvalue weighted by Gasteiger charge is -2.39. The number of anilines is 1.